The summed E-state index contributed by atoms with van der Waals surface area (Å²) in [7, 11) is 1.43. The number of methoxy groups -OCH3 is 1. The lowest BCUT2D eigenvalue weighted by atomic mass is 9.49. The number of rotatable bonds is 15. The Kier molecular flexibility index (Phi) is 13.6. The summed E-state index contributed by atoms with van der Waals surface area (Å²) in [5.74, 6) is -0.0341. The molecule has 1 atom stereocenters. The van der Waals surface area contributed by atoms with Gasteiger partial charge in [0.05, 0.1) is 55.5 Å². The number of carbonyl (C=O) groups excluding carboxylic acids is 5. The quantitative estimate of drug-likeness (QED) is 0.202. The van der Waals surface area contributed by atoms with Gasteiger partial charge in [0.2, 0.25) is 11.8 Å². The standard InChI is InChI=1S/C52H65N9O9/c1-30-20-34(21-31(2)38(30)26-53)70-50-51(3,4)49(52(50,5)6)57-45(63)39-27-55-42(28-54-39)59-12-10-32(11-13-59)29-60(15-14-58-16-18-68-19-17-58)33-22-35(23-33)69-36-24-37-44(41(25-36)67-7)48(66)61(47(37)65)40-8-9-43(62)56-46(40)64/h20-21,24-25,27-28,32-33,35,40,49-50H,8-19,22-23,29H2,1-7H3,(H,57,63)(H,56,62,64). The van der Waals surface area contributed by atoms with E-state index in [9.17, 15) is 29.2 Å². The average molecular weight is 960 g/mol. The molecule has 0 radical (unpaired) electrons. The van der Waals surface area contributed by atoms with Gasteiger partial charge >= 0.3 is 0 Å². The third-order valence-electron chi connectivity index (χ3n) is 15.7. The number of aryl methyl sites for hydroxylation is 2. The summed E-state index contributed by atoms with van der Waals surface area (Å²) in [6.07, 6.45) is 6.67. The van der Waals surface area contributed by atoms with Crippen molar-refractivity contribution in [3.63, 3.8) is 0 Å². The highest BCUT2D eigenvalue weighted by Gasteiger charge is 2.64. The van der Waals surface area contributed by atoms with Gasteiger partial charge in [0.15, 0.2) is 0 Å². The van der Waals surface area contributed by atoms with Crippen molar-refractivity contribution in [1.29, 1.82) is 5.26 Å². The predicted octanol–water partition coefficient (Wildman–Crippen LogP) is 4.45. The molecule has 5 fully saturated rings. The fourth-order valence-corrected chi connectivity index (χ4v) is 12.0. The fourth-order valence-electron chi connectivity index (χ4n) is 12.0. The van der Waals surface area contributed by atoms with Gasteiger partial charge < -0.3 is 29.2 Å². The van der Waals surface area contributed by atoms with Crippen LogP contribution in [0.2, 0.25) is 0 Å². The second kappa shape index (κ2) is 19.6. The molecule has 4 aliphatic heterocycles. The molecule has 0 bridgehead atoms. The van der Waals surface area contributed by atoms with Crippen LogP contribution in [0.15, 0.2) is 36.7 Å². The molecule has 6 aliphatic rings. The van der Waals surface area contributed by atoms with Crippen molar-refractivity contribution < 1.29 is 42.9 Å². The Bertz CT molecular complexity index is 2540. The molecule has 2 N–H and O–H groups in total. The molecule has 3 aromatic rings. The Morgan fingerprint density at radius 2 is 1.60 bits per heavy atom. The van der Waals surface area contributed by atoms with Crippen molar-refractivity contribution in [2.24, 2.45) is 16.7 Å². The molecule has 18 nitrogen and oxygen atoms in total. The van der Waals surface area contributed by atoms with E-state index >= 15 is 0 Å². The van der Waals surface area contributed by atoms with E-state index in [0.717, 1.165) is 112 Å². The number of hydrogen-bond donors (Lipinski definition) is 2. The van der Waals surface area contributed by atoms with Crippen LogP contribution in [0.25, 0.3) is 0 Å². The molecule has 18 heteroatoms. The van der Waals surface area contributed by atoms with Gasteiger partial charge in [0.25, 0.3) is 17.7 Å². The number of nitriles is 1. The topological polar surface area (TPSA) is 209 Å². The largest absolute Gasteiger partial charge is 0.496 e. The Morgan fingerprint density at radius 1 is 0.914 bits per heavy atom. The maximum absolute atomic E-state index is 13.6. The summed E-state index contributed by atoms with van der Waals surface area (Å²) < 4.78 is 24.2. The van der Waals surface area contributed by atoms with E-state index < -0.39 is 29.7 Å². The number of benzene rings is 2. The number of fused-ring (bicyclic) bond motifs is 1. The van der Waals surface area contributed by atoms with Crippen LogP contribution in [0, 0.1) is 41.9 Å². The van der Waals surface area contributed by atoms with Crippen molar-refractivity contribution in [3.8, 4) is 23.3 Å². The molecule has 2 aromatic carbocycles. The molecule has 2 saturated carbocycles. The zero-order valence-electron chi connectivity index (χ0n) is 41.3. The minimum Gasteiger partial charge on any atom is -0.496 e. The average Bonchev–Trinajstić information content (AvgIpc) is 3.57. The van der Waals surface area contributed by atoms with E-state index in [4.69, 9.17) is 23.9 Å². The highest BCUT2D eigenvalue weighted by Crippen LogP contribution is 2.55. The summed E-state index contributed by atoms with van der Waals surface area (Å²) in [6.45, 7) is 20.0. The van der Waals surface area contributed by atoms with Gasteiger partial charge in [-0.2, -0.15) is 5.26 Å². The molecule has 70 heavy (non-hydrogen) atoms. The number of carbonyl (C=O) groups is 5. The van der Waals surface area contributed by atoms with E-state index in [1.165, 1.54) is 7.11 Å². The summed E-state index contributed by atoms with van der Waals surface area (Å²) in [5, 5.41) is 15.0. The summed E-state index contributed by atoms with van der Waals surface area (Å²) in [6, 6.07) is 8.34. The molecule has 3 saturated heterocycles. The van der Waals surface area contributed by atoms with Crippen LogP contribution >= 0.6 is 0 Å². The molecule has 372 valence electrons. The first-order valence-electron chi connectivity index (χ1n) is 24.7. The number of nitrogens with zero attached hydrogens (tertiary/aromatic N) is 7. The van der Waals surface area contributed by atoms with Crippen molar-refractivity contribution in [3.05, 3.63) is 70.2 Å². The monoisotopic (exact) mass is 959 g/mol. The van der Waals surface area contributed by atoms with Crippen LogP contribution in [-0.2, 0) is 14.3 Å². The van der Waals surface area contributed by atoms with Crippen molar-refractivity contribution in [1.82, 2.24) is 35.3 Å². The number of anilines is 1. The second-order valence-electron chi connectivity index (χ2n) is 21.1. The SMILES string of the molecule is COc1cc(OC2CC(N(CCN3CCOCC3)CC3CCN(c4cnc(C(=O)NC5C(C)(C)C(Oc6cc(C)c(C#N)c(C)c6)C5(C)C)cn4)CC3)C2)cc2c1C(=O)N(C1CCC(=O)NC1=O)C2=O. The number of piperidine rings is 2. The summed E-state index contributed by atoms with van der Waals surface area (Å²) >= 11 is 0. The predicted molar refractivity (Wildman–Crippen MR) is 257 cm³/mol. The minimum absolute atomic E-state index is 0.0366. The van der Waals surface area contributed by atoms with Crippen LogP contribution in [-0.4, -0.2) is 151 Å². The van der Waals surface area contributed by atoms with Crippen LogP contribution < -0.4 is 29.7 Å². The minimum atomic E-state index is -1.07. The van der Waals surface area contributed by atoms with E-state index in [2.05, 4.69) is 64.1 Å². The number of aromatic nitrogens is 2. The van der Waals surface area contributed by atoms with Crippen LogP contribution in [0.5, 0.6) is 17.2 Å². The van der Waals surface area contributed by atoms with E-state index in [-0.39, 0.29) is 70.4 Å². The van der Waals surface area contributed by atoms with Gasteiger partial charge in [0.1, 0.15) is 47.0 Å². The zero-order valence-corrected chi connectivity index (χ0v) is 41.3. The van der Waals surface area contributed by atoms with Gasteiger partial charge in [0, 0.05) is 94.1 Å². The molecule has 9 rings (SSSR count). The third-order valence-corrected chi connectivity index (χ3v) is 15.7. The molecular weight excluding hydrogens is 895 g/mol. The number of amides is 5. The van der Waals surface area contributed by atoms with E-state index in [1.807, 2.05) is 26.0 Å². The molecule has 0 spiro atoms. The van der Waals surface area contributed by atoms with Crippen molar-refractivity contribution >= 4 is 35.4 Å². The Balaban J connectivity index is 0.783. The van der Waals surface area contributed by atoms with Gasteiger partial charge in [-0.3, -0.25) is 44.0 Å². The number of morpholine rings is 1. The molecule has 5 amide bonds. The number of imide groups is 2. The van der Waals surface area contributed by atoms with Crippen molar-refractivity contribution in [2.75, 3.05) is 71.0 Å². The Labute approximate surface area is 409 Å². The smallest absolute Gasteiger partial charge is 0.271 e. The van der Waals surface area contributed by atoms with Gasteiger partial charge in [-0.15, -0.1) is 0 Å². The zero-order chi connectivity index (χ0) is 49.6. The normalized spacial score (nSPS) is 25.4. The lowest BCUT2D eigenvalue weighted by Crippen LogP contribution is -2.74. The Hall–Kier alpha value is -6.16. The second-order valence-corrected chi connectivity index (χ2v) is 21.1. The van der Waals surface area contributed by atoms with Gasteiger partial charge in [-0.1, -0.05) is 27.7 Å². The summed E-state index contributed by atoms with van der Waals surface area (Å²) in [4.78, 5) is 82.7. The lowest BCUT2D eigenvalue weighted by Gasteiger charge is -2.63. The lowest BCUT2D eigenvalue weighted by molar-refractivity contribution is -0.164. The van der Waals surface area contributed by atoms with Crippen molar-refractivity contribution in [2.45, 2.75) is 110 Å². The molecule has 1 aromatic heterocycles. The van der Waals surface area contributed by atoms with Crippen LogP contribution in [0.3, 0.4) is 0 Å². The number of hydrogen-bond acceptors (Lipinski definition) is 15. The van der Waals surface area contributed by atoms with Crippen LogP contribution in [0.1, 0.15) is 114 Å². The van der Waals surface area contributed by atoms with Gasteiger partial charge in [-0.05, 0) is 68.4 Å². The fraction of sp³-hybridized carbons (Fsp3) is 0.577. The molecular formula is C52H65N9O9. The molecule has 5 heterocycles. The first kappa shape index (κ1) is 48.8. The third kappa shape index (κ3) is 9.43. The highest BCUT2D eigenvalue weighted by molar-refractivity contribution is 6.24. The summed E-state index contributed by atoms with van der Waals surface area (Å²) in [5.41, 5.74) is 2.13. The number of nitrogens with one attached hydrogen (secondary N) is 2. The highest BCUT2D eigenvalue weighted by atomic mass is 16.5. The molecule has 1 unspecified atom stereocenters. The Morgan fingerprint density at radius 3 is 2.23 bits per heavy atom. The first-order chi connectivity index (χ1) is 33.5. The van der Waals surface area contributed by atoms with E-state index in [1.54, 1.807) is 24.5 Å². The van der Waals surface area contributed by atoms with Crippen LogP contribution in [0.4, 0.5) is 5.82 Å². The van der Waals surface area contributed by atoms with Gasteiger partial charge in [-0.25, -0.2) is 9.97 Å². The van der Waals surface area contributed by atoms with E-state index in [0.29, 0.717) is 23.3 Å². The maximum atomic E-state index is 13.6. The first-order valence-corrected chi connectivity index (χ1v) is 24.7. The molecule has 2 aliphatic carbocycles. The number of ether oxygens (including phenoxy) is 4. The maximum Gasteiger partial charge on any atom is 0.271 e.